The number of thiazole rings is 1. The van der Waals surface area contributed by atoms with Crippen molar-refractivity contribution in [1.82, 2.24) is 10.3 Å². The van der Waals surface area contributed by atoms with Crippen LogP contribution in [0, 0.1) is 0 Å². The average Bonchev–Trinajstić information content (AvgIpc) is 2.96. The van der Waals surface area contributed by atoms with E-state index in [1.807, 2.05) is 0 Å². The summed E-state index contributed by atoms with van der Waals surface area (Å²) in [5.74, 6) is 0. The monoisotopic (exact) mass is 372 g/mol. The van der Waals surface area contributed by atoms with Crippen molar-refractivity contribution in [1.29, 1.82) is 0 Å². The molecule has 0 amide bonds. The van der Waals surface area contributed by atoms with E-state index in [9.17, 15) is 0 Å². The van der Waals surface area contributed by atoms with E-state index in [-0.39, 0.29) is 5.41 Å². The van der Waals surface area contributed by atoms with Gasteiger partial charge in [0.15, 0.2) is 0 Å². The molecule has 0 fully saturated rings. The lowest BCUT2D eigenvalue weighted by atomic mass is 9.93. The summed E-state index contributed by atoms with van der Waals surface area (Å²) in [5, 5.41) is 9.19. The highest BCUT2D eigenvalue weighted by atomic mass is 79.9. The quantitative estimate of drug-likeness (QED) is 0.783. The minimum Gasteiger partial charge on any atom is -0.310 e. The summed E-state index contributed by atoms with van der Waals surface area (Å²) in [7, 11) is 0. The Kier molecular flexibility index (Phi) is 5.40. The van der Waals surface area contributed by atoms with Crippen LogP contribution in [0.2, 0.25) is 0 Å². The molecule has 2 nitrogen and oxygen atoms in total. The maximum Gasteiger partial charge on any atom is 0.0947 e. The van der Waals surface area contributed by atoms with Gasteiger partial charge < -0.3 is 5.32 Å². The second-order valence-electron chi connectivity index (χ2n) is 5.88. The Morgan fingerprint density at radius 1 is 1.30 bits per heavy atom. The van der Waals surface area contributed by atoms with E-state index in [0.717, 1.165) is 13.0 Å². The molecule has 110 valence electrons. The van der Waals surface area contributed by atoms with Gasteiger partial charge in [-0.3, -0.25) is 0 Å². The molecule has 1 unspecified atom stereocenters. The van der Waals surface area contributed by atoms with Crippen LogP contribution in [0.3, 0.4) is 0 Å². The van der Waals surface area contributed by atoms with Crippen LogP contribution >= 0.6 is 38.6 Å². The van der Waals surface area contributed by atoms with E-state index in [1.165, 1.54) is 20.1 Å². The number of hydrogen-bond donors (Lipinski definition) is 1. The third-order valence-electron chi connectivity index (χ3n) is 3.14. The predicted molar refractivity (Wildman–Crippen MR) is 93.0 cm³/mol. The van der Waals surface area contributed by atoms with Crippen molar-refractivity contribution >= 4 is 38.6 Å². The molecule has 1 N–H and O–H groups in total. The van der Waals surface area contributed by atoms with Crippen molar-refractivity contribution in [3.63, 3.8) is 0 Å². The fourth-order valence-corrected chi connectivity index (χ4v) is 4.28. The molecule has 0 spiro atoms. The standard InChI is InChI=1S/C15H21BrN2S2/c1-5-17-11(10-6-13(16)19-8-10)7-14-18-12(9-20-14)15(2,3)4/h6,8-9,11,17H,5,7H2,1-4H3. The lowest BCUT2D eigenvalue weighted by molar-refractivity contribution is 0.541. The molecule has 0 aliphatic rings. The van der Waals surface area contributed by atoms with E-state index in [0.29, 0.717) is 6.04 Å². The summed E-state index contributed by atoms with van der Waals surface area (Å²) in [5.41, 5.74) is 2.67. The van der Waals surface area contributed by atoms with E-state index in [1.54, 1.807) is 22.7 Å². The van der Waals surface area contributed by atoms with Gasteiger partial charge in [0.2, 0.25) is 0 Å². The van der Waals surface area contributed by atoms with Crippen molar-refractivity contribution in [2.45, 2.75) is 45.6 Å². The first-order chi connectivity index (χ1) is 9.40. The van der Waals surface area contributed by atoms with Crippen LogP contribution in [-0.2, 0) is 11.8 Å². The number of nitrogens with zero attached hydrogens (tertiary/aromatic N) is 1. The first kappa shape index (κ1) is 16.1. The van der Waals surface area contributed by atoms with E-state index in [2.05, 4.69) is 65.8 Å². The zero-order chi connectivity index (χ0) is 14.8. The highest BCUT2D eigenvalue weighted by Gasteiger charge is 2.20. The van der Waals surface area contributed by atoms with Crippen molar-refractivity contribution in [2.75, 3.05) is 6.54 Å². The lowest BCUT2D eigenvalue weighted by Crippen LogP contribution is -2.22. The smallest absolute Gasteiger partial charge is 0.0947 e. The average molecular weight is 373 g/mol. The molecule has 0 aromatic carbocycles. The molecule has 0 radical (unpaired) electrons. The second-order valence-corrected chi connectivity index (χ2v) is 9.11. The molecule has 20 heavy (non-hydrogen) atoms. The number of likely N-dealkylation sites (N-methyl/N-ethyl adjacent to an activating group) is 1. The fourth-order valence-electron chi connectivity index (χ4n) is 1.98. The fraction of sp³-hybridized carbons (Fsp3) is 0.533. The summed E-state index contributed by atoms with van der Waals surface area (Å²) < 4.78 is 1.19. The minimum atomic E-state index is 0.133. The van der Waals surface area contributed by atoms with Crippen molar-refractivity contribution in [2.24, 2.45) is 0 Å². The van der Waals surface area contributed by atoms with Crippen molar-refractivity contribution in [3.05, 3.63) is 36.9 Å². The zero-order valence-corrected chi connectivity index (χ0v) is 15.6. The molecule has 2 aromatic heterocycles. The molecule has 2 rings (SSSR count). The van der Waals surface area contributed by atoms with Gasteiger partial charge in [0.1, 0.15) is 0 Å². The number of thiophene rings is 1. The van der Waals surface area contributed by atoms with Crippen LogP contribution in [0.15, 0.2) is 20.6 Å². The maximum absolute atomic E-state index is 4.81. The third kappa shape index (κ3) is 4.13. The summed E-state index contributed by atoms with van der Waals surface area (Å²) >= 11 is 7.06. The number of hydrogen-bond acceptors (Lipinski definition) is 4. The molecular weight excluding hydrogens is 352 g/mol. The van der Waals surface area contributed by atoms with Gasteiger partial charge in [-0.25, -0.2) is 4.98 Å². The van der Waals surface area contributed by atoms with Crippen LogP contribution in [0.25, 0.3) is 0 Å². The summed E-state index contributed by atoms with van der Waals surface area (Å²) in [6.07, 6.45) is 0.956. The Labute approximate surface area is 137 Å². The Hall–Kier alpha value is -0.230. The van der Waals surface area contributed by atoms with Gasteiger partial charge in [-0.1, -0.05) is 27.7 Å². The van der Waals surface area contributed by atoms with Gasteiger partial charge in [-0.2, -0.15) is 0 Å². The molecule has 0 aliphatic heterocycles. The Bertz CT molecular complexity index is 554. The highest BCUT2D eigenvalue weighted by molar-refractivity contribution is 9.11. The first-order valence-electron chi connectivity index (χ1n) is 6.82. The van der Waals surface area contributed by atoms with Gasteiger partial charge in [-0.05, 0) is 39.5 Å². The van der Waals surface area contributed by atoms with Gasteiger partial charge in [-0.15, -0.1) is 22.7 Å². The Morgan fingerprint density at radius 2 is 2.05 bits per heavy atom. The lowest BCUT2D eigenvalue weighted by Gasteiger charge is -2.16. The van der Waals surface area contributed by atoms with Crippen molar-refractivity contribution in [3.8, 4) is 0 Å². The van der Waals surface area contributed by atoms with Gasteiger partial charge in [0, 0.05) is 23.3 Å². The molecule has 0 saturated carbocycles. The molecule has 0 aliphatic carbocycles. The Balaban J connectivity index is 2.14. The molecule has 1 atom stereocenters. The van der Waals surface area contributed by atoms with Gasteiger partial charge in [0.25, 0.3) is 0 Å². The SMILES string of the molecule is CCNC(Cc1nc(C(C)(C)C)cs1)c1csc(Br)c1. The largest absolute Gasteiger partial charge is 0.310 e. The predicted octanol–water partition coefficient (Wildman–Crippen LogP) is 5.16. The summed E-state index contributed by atoms with van der Waals surface area (Å²) in [4.78, 5) is 4.81. The zero-order valence-electron chi connectivity index (χ0n) is 12.4. The second kappa shape index (κ2) is 6.69. The molecule has 0 saturated heterocycles. The van der Waals surface area contributed by atoms with E-state index in [4.69, 9.17) is 4.98 Å². The van der Waals surface area contributed by atoms with Crippen LogP contribution in [-0.4, -0.2) is 11.5 Å². The number of aromatic nitrogens is 1. The van der Waals surface area contributed by atoms with Gasteiger partial charge in [0.05, 0.1) is 14.5 Å². The molecule has 0 bridgehead atoms. The van der Waals surface area contributed by atoms with E-state index < -0.39 is 0 Å². The van der Waals surface area contributed by atoms with Crippen LogP contribution in [0.5, 0.6) is 0 Å². The third-order valence-corrected chi connectivity index (χ3v) is 5.53. The van der Waals surface area contributed by atoms with Crippen LogP contribution < -0.4 is 5.32 Å². The number of halogens is 1. The normalized spacial score (nSPS) is 13.7. The number of nitrogens with one attached hydrogen (secondary N) is 1. The van der Waals surface area contributed by atoms with Crippen LogP contribution in [0.1, 0.15) is 50.0 Å². The summed E-state index contributed by atoms with van der Waals surface area (Å²) in [6.45, 7) is 9.75. The first-order valence-corrected chi connectivity index (χ1v) is 9.37. The highest BCUT2D eigenvalue weighted by Crippen LogP contribution is 2.30. The minimum absolute atomic E-state index is 0.133. The topological polar surface area (TPSA) is 24.9 Å². The molecule has 5 heteroatoms. The maximum atomic E-state index is 4.81. The number of rotatable bonds is 5. The Morgan fingerprint density at radius 3 is 2.55 bits per heavy atom. The van der Waals surface area contributed by atoms with Gasteiger partial charge >= 0.3 is 0 Å². The van der Waals surface area contributed by atoms with E-state index >= 15 is 0 Å². The molecule has 2 heterocycles. The molecule has 2 aromatic rings. The van der Waals surface area contributed by atoms with Crippen molar-refractivity contribution < 1.29 is 0 Å². The molecular formula is C15H21BrN2S2. The summed E-state index contributed by atoms with van der Waals surface area (Å²) in [6, 6.07) is 2.55. The van der Waals surface area contributed by atoms with Crippen LogP contribution in [0.4, 0.5) is 0 Å².